The van der Waals surface area contributed by atoms with Gasteiger partial charge in [0.1, 0.15) is 0 Å². The van der Waals surface area contributed by atoms with E-state index in [1.54, 1.807) is 12.1 Å². The van der Waals surface area contributed by atoms with Crippen LogP contribution in [0.25, 0.3) is 11.1 Å². The van der Waals surface area contributed by atoms with E-state index in [0.717, 1.165) is 49.9 Å². The van der Waals surface area contributed by atoms with E-state index in [1.807, 2.05) is 47.4 Å². The molecule has 2 aromatic carbocycles. The van der Waals surface area contributed by atoms with Crippen LogP contribution in [0, 0.1) is 11.8 Å². The Morgan fingerprint density at radius 2 is 1.50 bits per heavy atom. The predicted octanol–water partition coefficient (Wildman–Crippen LogP) is 4.01. The van der Waals surface area contributed by atoms with E-state index in [1.165, 1.54) is 4.31 Å². The fourth-order valence-corrected chi connectivity index (χ4v) is 5.97. The van der Waals surface area contributed by atoms with Gasteiger partial charge in [0.25, 0.3) is 0 Å². The Kier molecular flexibility index (Phi) is 6.25. The van der Waals surface area contributed by atoms with Gasteiger partial charge in [0.15, 0.2) is 0 Å². The molecular formula is C24H30N2O3S. The first-order valence-corrected chi connectivity index (χ1v) is 12.3. The summed E-state index contributed by atoms with van der Waals surface area (Å²) in [6.45, 7) is 4.57. The summed E-state index contributed by atoms with van der Waals surface area (Å²) in [5.74, 6) is 0.558. The molecule has 5 nitrogen and oxygen atoms in total. The maximum atomic E-state index is 13.2. The Balaban J connectivity index is 1.46. The summed E-state index contributed by atoms with van der Waals surface area (Å²) in [4.78, 5) is 15.2. The van der Waals surface area contributed by atoms with Crippen LogP contribution in [0.1, 0.15) is 32.6 Å². The van der Waals surface area contributed by atoms with Crippen LogP contribution >= 0.6 is 0 Å². The molecule has 0 radical (unpaired) electrons. The molecule has 160 valence electrons. The highest BCUT2D eigenvalue weighted by Gasteiger charge is 2.35. The molecule has 30 heavy (non-hydrogen) atoms. The number of carbonyl (C=O) groups is 1. The Morgan fingerprint density at radius 1 is 0.867 bits per heavy atom. The molecule has 0 spiro atoms. The third kappa shape index (κ3) is 4.44. The van der Waals surface area contributed by atoms with E-state index >= 15 is 0 Å². The molecule has 0 unspecified atom stereocenters. The van der Waals surface area contributed by atoms with Gasteiger partial charge < -0.3 is 4.90 Å². The van der Waals surface area contributed by atoms with Crippen molar-refractivity contribution in [3.63, 3.8) is 0 Å². The van der Waals surface area contributed by atoms with Gasteiger partial charge in [-0.3, -0.25) is 4.79 Å². The molecule has 2 aliphatic rings. The van der Waals surface area contributed by atoms with Crippen LogP contribution in [0.5, 0.6) is 0 Å². The van der Waals surface area contributed by atoms with Gasteiger partial charge in [0, 0.05) is 26.2 Å². The van der Waals surface area contributed by atoms with Crippen molar-refractivity contribution in [1.29, 1.82) is 0 Å². The van der Waals surface area contributed by atoms with Crippen LogP contribution in [0.4, 0.5) is 0 Å². The fraction of sp³-hybridized carbons (Fsp3) is 0.458. The van der Waals surface area contributed by atoms with Gasteiger partial charge in [-0.05, 0) is 54.9 Å². The second-order valence-corrected chi connectivity index (χ2v) is 10.5. The SMILES string of the molecule is CC1CCN(C(=O)[C@H]2CCCN(S(=O)(=O)c3ccc(-c4ccccc4)cc3)C2)CC1. The number of rotatable bonds is 4. The number of hydrogen-bond donors (Lipinski definition) is 0. The molecule has 0 saturated carbocycles. The molecule has 1 atom stereocenters. The molecule has 1 amide bonds. The Morgan fingerprint density at radius 3 is 2.17 bits per heavy atom. The molecule has 0 aliphatic carbocycles. The van der Waals surface area contributed by atoms with Crippen molar-refractivity contribution < 1.29 is 13.2 Å². The smallest absolute Gasteiger partial charge is 0.243 e. The zero-order chi connectivity index (χ0) is 21.1. The third-order valence-corrected chi connectivity index (χ3v) is 8.31. The molecule has 2 fully saturated rings. The zero-order valence-electron chi connectivity index (χ0n) is 17.5. The van der Waals surface area contributed by atoms with Crippen molar-refractivity contribution in [2.45, 2.75) is 37.5 Å². The van der Waals surface area contributed by atoms with E-state index in [0.29, 0.717) is 17.4 Å². The van der Waals surface area contributed by atoms with E-state index in [-0.39, 0.29) is 18.4 Å². The highest BCUT2D eigenvalue weighted by Crippen LogP contribution is 2.28. The first-order chi connectivity index (χ1) is 14.4. The second kappa shape index (κ2) is 8.90. The molecule has 2 aromatic rings. The number of nitrogens with zero attached hydrogens (tertiary/aromatic N) is 2. The Labute approximate surface area is 179 Å². The maximum Gasteiger partial charge on any atom is 0.243 e. The molecule has 6 heteroatoms. The highest BCUT2D eigenvalue weighted by molar-refractivity contribution is 7.89. The average molecular weight is 427 g/mol. The van der Waals surface area contributed by atoms with Crippen LogP contribution in [-0.2, 0) is 14.8 Å². The molecule has 4 rings (SSSR count). The lowest BCUT2D eigenvalue weighted by Crippen LogP contribution is -2.48. The predicted molar refractivity (Wildman–Crippen MR) is 118 cm³/mol. The second-order valence-electron chi connectivity index (χ2n) is 8.60. The van der Waals surface area contributed by atoms with E-state index in [2.05, 4.69) is 6.92 Å². The molecule has 0 aromatic heterocycles. The Hall–Kier alpha value is -2.18. The van der Waals surface area contributed by atoms with E-state index in [4.69, 9.17) is 0 Å². The van der Waals surface area contributed by atoms with Gasteiger partial charge in [-0.2, -0.15) is 4.31 Å². The lowest BCUT2D eigenvalue weighted by atomic mass is 9.94. The summed E-state index contributed by atoms with van der Waals surface area (Å²) in [6, 6.07) is 17.0. The Bertz CT molecular complexity index is 965. The number of hydrogen-bond acceptors (Lipinski definition) is 3. The van der Waals surface area contributed by atoms with Gasteiger partial charge >= 0.3 is 0 Å². The topological polar surface area (TPSA) is 57.7 Å². The maximum absolute atomic E-state index is 13.2. The lowest BCUT2D eigenvalue weighted by Gasteiger charge is -2.36. The number of benzene rings is 2. The minimum absolute atomic E-state index is 0.126. The molecular weight excluding hydrogens is 396 g/mol. The quantitative estimate of drug-likeness (QED) is 0.742. The lowest BCUT2D eigenvalue weighted by molar-refractivity contribution is -0.138. The van der Waals surface area contributed by atoms with Gasteiger partial charge in [-0.1, -0.05) is 49.4 Å². The fourth-order valence-electron chi connectivity index (χ4n) is 4.45. The van der Waals surface area contributed by atoms with E-state index < -0.39 is 10.0 Å². The van der Waals surface area contributed by atoms with Crippen LogP contribution in [0.15, 0.2) is 59.5 Å². The number of likely N-dealkylation sites (tertiary alicyclic amines) is 1. The number of piperidine rings is 2. The minimum Gasteiger partial charge on any atom is -0.342 e. The highest BCUT2D eigenvalue weighted by atomic mass is 32.2. The number of sulfonamides is 1. The molecule has 0 N–H and O–H groups in total. The molecule has 2 heterocycles. The summed E-state index contributed by atoms with van der Waals surface area (Å²) >= 11 is 0. The molecule has 2 saturated heterocycles. The summed E-state index contributed by atoms with van der Waals surface area (Å²) in [7, 11) is -3.60. The summed E-state index contributed by atoms with van der Waals surface area (Å²) in [5, 5.41) is 0. The van der Waals surface area contributed by atoms with Crippen LogP contribution in [0.2, 0.25) is 0 Å². The van der Waals surface area contributed by atoms with Gasteiger partial charge in [0.05, 0.1) is 10.8 Å². The van der Waals surface area contributed by atoms with Crippen LogP contribution in [0.3, 0.4) is 0 Å². The summed E-state index contributed by atoms with van der Waals surface area (Å²) < 4.78 is 28.0. The summed E-state index contributed by atoms with van der Waals surface area (Å²) in [5.41, 5.74) is 2.04. The van der Waals surface area contributed by atoms with Crippen LogP contribution < -0.4 is 0 Å². The monoisotopic (exact) mass is 426 g/mol. The van der Waals surface area contributed by atoms with Gasteiger partial charge in [0.2, 0.25) is 15.9 Å². The first-order valence-electron chi connectivity index (χ1n) is 10.9. The largest absolute Gasteiger partial charge is 0.342 e. The minimum atomic E-state index is -3.60. The zero-order valence-corrected chi connectivity index (χ0v) is 18.4. The van der Waals surface area contributed by atoms with Crippen molar-refractivity contribution in [2.24, 2.45) is 11.8 Å². The normalized spacial score (nSPS) is 21.5. The van der Waals surface area contributed by atoms with Crippen molar-refractivity contribution in [2.75, 3.05) is 26.2 Å². The first kappa shape index (κ1) is 21.1. The average Bonchev–Trinajstić information content (AvgIpc) is 2.80. The number of carbonyl (C=O) groups excluding carboxylic acids is 1. The standard InChI is InChI=1S/C24H30N2O3S/c1-19-13-16-25(17-14-19)24(27)22-8-5-15-26(18-22)30(28,29)23-11-9-21(10-12-23)20-6-3-2-4-7-20/h2-4,6-7,9-12,19,22H,5,8,13-18H2,1H3/t22-/m0/s1. The van der Waals surface area contributed by atoms with Crippen molar-refractivity contribution in [3.05, 3.63) is 54.6 Å². The number of amides is 1. The van der Waals surface area contributed by atoms with Crippen molar-refractivity contribution in [1.82, 2.24) is 9.21 Å². The van der Waals surface area contributed by atoms with Crippen molar-refractivity contribution in [3.8, 4) is 11.1 Å². The van der Waals surface area contributed by atoms with Crippen LogP contribution in [-0.4, -0.2) is 49.7 Å². The third-order valence-electron chi connectivity index (χ3n) is 6.43. The van der Waals surface area contributed by atoms with Crippen molar-refractivity contribution >= 4 is 15.9 Å². The van der Waals surface area contributed by atoms with Gasteiger partial charge in [-0.15, -0.1) is 0 Å². The molecule has 2 aliphatic heterocycles. The van der Waals surface area contributed by atoms with E-state index in [9.17, 15) is 13.2 Å². The van der Waals surface area contributed by atoms with Gasteiger partial charge in [-0.25, -0.2) is 8.42 Å². The summed E-state index contributed by atoms with van der Waals surface area (Å²) in [6.07, 6.45) is 3.56. The molecule has 0 bridgehead atoms.